The Morgan fingerprint density at radius 3 is 2.71 bits per heavy atom. The van der Waals surface area contributed by atoms with Gasteiger partial charge in [-0.2, -0.15) is 5.26 Å². The zero-order valence-electron chi connectivity index (χ0n) is 9.90. The first kappa shape index (κ1) is 11.5. The molecule has 0 saturated heterocycles. The first-order valence-electron chi connectivity index (χ1n) is 5.58. The molecule has 1 fully saturated rings. The molecule has 1 aromatic rings. The van der Waals surface area contributed by atoms with Gasteiger partial charge in [0.2, 0.25) is 0 Å². The van der Waals surface area contributed by atoms with Crippen LogP contribution in [0.2, 0.25) is 0 Å². The second-order valence-corrected chi connectivity index (χ2v) is 4.40. The van der Waals surface area contributed by atoms with Crippen LogP contribution >= 0.6 is 0 Å². The molecule has 0 atom stereocenters. The lowest BCUT2D eigenvalue weighted by Crippen LogP contribution is -2.00. The number of hydrogen-bond donors (Lipinski definition) is 1. The van der Waals surface area contributed by atoms with Gasteiger partial charge in [0.15, 0.2) is 0 Å². The van der Waals surface area contributed by atoms with Crippen LogP contribution in [0, 0.1) is 25.2 Å². The number of aryl methyl sites for hydroxylation is 1. The number of aliphatic carboxylic acids is 1. The second kappa shape index (κ2) is 4.10. The Bertz CT molecular complexity index is 543. The summed E-state index contributed by atoms with van der Waals surface area (Å²) in [5, 5.41) is 17.6. The van der Waals surface area contributed by atoms with E-state index in [9.17, 15) is 4.79 Å². The van der Waals surface area contributed by atoms with E-state index in [1.807, 2.05) is 19.9 Å². The number of carboxylic acid groups (broad SMARTS) is 1. The Morgan fingerprint density at radius 1 is 1.59 bits per heavy atom. The van der Waals surface area contributed by atoms with Crippen LogP contribution in [0.4, 0.5) is 0 Å². The summed E-state index contributed by atoms with van der Waals surface area (Å²) in [5.41, 5.74) is 2.77. The van der Waals surface area contributed by atoms with Crippen LogP contribution in [-0.2, 0) is 4.79 Å². The molecule has 0 bridgehead atoms. The quantitative estimate of drug-likeness (QED) is 0.640. The summed E-state index contributed by atoms with van der Waals surface area (Å²) < 4.78 is 2.22. The van der Waals surface area contributed by atoms with Crippen LogP contribution in [0.25, 0.3) is 6.08 Å². The molecule has 0 amide bonds. The number of nitriles is 1. The van der Waals surface area contributed by atoms with Crippen molar-refractivity contribution in [3.05, 3.63) is 28.6 Å². The molecule has 1 aromatic heterocycles. The number of hydrogen-bond acceptors (Lipinski definition) is 2. The van der Waals surface area contributed by atoms with E-state index < -0.39 is 5.97 Å². The highest BCUT2D eigenvalue weighted by atomic mass is 16.4. The lowest BCUT2D eigenvalue weighted by molar-refractivity contribution is -0.132. The highest BCUT2D eigenvalue weighted by Crippen LogP contribution is 2.38. The first-order chi connectivity index (χ1) is 8.04. The van der Waals surface area contributed by atoms with E-state index in [1.165, 1.54) is 18.9 Å². The molecule has 4 heteroatoms. The molecule has 0 unspecified atom stereocenters. The van der Waals surface area contributed by atoms with E-state index in [-0.39, 0.29) is 5.57 Å². The van der Waals surface area contributed by atoms with Gasteiger partial charge in [0.25, 0.3) is 0 Å². The Balaban J connectivity index is 2.44. The van der Waals surface area contributed by atoms with E-state index in [4.69, 9.17) is 10.4 Å². The van der Waals surface area contributed by atoms with Crippen molar-refractivity contribution in [3.63, 3.8) is 0 Å². The second-order valence-electron chi connectivity index (χ2n) is 4.40. The number of nitrogens with zero attached hydrogens (tertiary/aromatic N) is 2. The predicted molar refractivity (Wildman–Crippen MR) is 63.4 cm³/mol. The van der Waals surface area contributed by atoms with Gasteiger partial charge in [-0.1, -0.05) is 0 Å². The van der Waals surface area contributed by atoms with Crippen LogP contribution < -0.4 is 0 Å². The first-order valence-corrected chi connectivity index (χ1v) is 5.58. The largest absolute Gasteiger partial charge is 0.477 e. The monoisotopic (exact) mass is 230 g/mol. The van der Waals surface area contributed by atoms with Crippen molar-refractivity contribution < 1.29 is 9.90 Å². The fourth-order valence-corrected chi connectivity index (χ4v) is 2.14. The molecule has 1 aliphatic rings. The van der Waals surface area contributed by atoms with Crippen molar-refractivity contribution in [3.8, 4) is 6.07 Å². The molecule has 4 nitrogen and oxygen atoms in total. The summed E-state index contributed by atoms with van der Waals surface area (Å²) in [6, 6.07) is 4.20. The highest BCUT2D eigenvalue weighted by Gasteiger charge is 2.26. The molecule has 0 aliphatic heterocycles. The minimum absolute atomic E-state index is 0.221. The summed E-state index contributed by atoms with van der Waals surface area (Å²) >= 11 is 0. The summed E-state index contributed by atoms with van der Waals surface area (Å²) in [4.78, 5) is 10.8. The van der Waals surface area contributed by atoms with Gasteiger partial charge >= 0.3 is 5.97 Å². The maximum absolute atomic E-state index is 10.8. The van der Waals surface area contributed by atoms with Crippen molar-refractivity contribution in [1.29, 1.82) is 5.26 Å². The fourth-order valence-electron chi connectivity index (χ4n) is 2.14. The highest BCUT2D eigenvalue weighted by molar-refractivity contribution is 5.96. The number of aromatic nitrogens is 1. The van der Waals surface area contributed by atoms with Gasteiger partial charge in [0, 0.05) is 17.4 Å². The van der Waals surface area contributed by atoms with Gasteiger partial charge in [0.1, 0.15) is 11.6 Å². The third-order valence-electron chi connectivity index (χ3n) is 3.09. The minimum Gasteiger partial charge on any atom is -0.477 e. The summed E-state index contributed by atoms with van der Waals surface area (Å²) in [6.45, 7) is 3.98. The molecule has 1 N–H and O–H groups in total. The van der Waals surface area contributed by atoms with E-state index in [0.717, 1.165) is 17.0 Å². The van der Waals surface area contributed by atoms with E-state index in [0.29, 0.717) is 6.04 Å². The lowest BCUT2D eigenvalue weighted by Gasteiger charge is -2.06. The molecular weight excluding hydrogens is 216 g/mol. The van der Waals surface area contributed by atoms with Gasteiger partial charge < -0.3 is 9.67 Å². The van der Waals surface area contributed by atoms with E-state index in [2.05, 4.69) is 4.57 Å². The summed E-state index contributed by atoms with van der Waals surface area (Å²) in [7, 11) is 0. The van der Waals surface area contributed by atoms with Crippen LogP contribution in [0.3, 0.4) is 0 Å². The van der Waals surface area contributed by atoms with Crippen molar-refractivity contribution in [1.82, 2.24) is 4.57 Å². The summed E-state index contributed by atoms with van der Waals surface area (Å²) in [5.74, 6) is -1.18. The predicted octanol–water partition coefficient (Wildman–Crippen LogP) is 2.43. The van der Waals surface area contributed by atoms with Gasteiger partial charge in [-0.15, -0.1) is 0 Å². The third kappa shape index (κ3) is 2.09. The zero-order valence-corrected chi connectivity index (χ0v) is 9.90. The minimum atomic E-state index is -1.18. The third-order valence-corrected chi connectivity index (χ3v) is 3.09. The van der Waals surface area contributed by atoms with Crippen LogP contribution in [0.5, 0.6) is 0 Å². The Morgan fingerprint density at radius 2 is 2.24 bits per heavy atom. The number of rotatable bonds is 3. The molecule has 1 aliphatic carbocycles. The van der Waals surface area contributed by atoms with Gasteiger partial charge in [-0.25, -0.2) is 4.79 Å². The Hall–Kier alpha value is -2.02. The average molecular weight is 230 g/mol. The molecule has 0 radical (unpaired) electrons. The van der Waals surface area contributed by atoms with Crippen molar-refractivity contribution >= 4 is 12.0 Å². The number of carbonyl (C=O) groups is 1. The average Bonchev–Trinajstić information content (AvgIpc) is 3.04. The normalized spacial score (nSPS) is 15.7. The Kier molecular flexibility index (Phi) is 2.76. The smallest absolute Gasteiger partial charge is 0.346 e. The molecule has 0 spiro atoms. The maximum atomic E-state index is 10.8. The maximum Gasteiger partial charge on any atom is 0.346 e. The van der Waals surface area contributed by atoms with Gasteiger partial charge in [-0.05, 0) is 44.4 Å². The van der Waals surface area contributed by atoms with E-state index in [1.54, 1.807) is 6.07 Å². The fraction of sp³-hybridized carbons (Fsp3) is 0.385. The van der Waals surface area contributed by atoms with Crippen LogP contribution in [-0.4, -0.2) is 15.6 Å². The molecule has 2 rings (SSSR count). The standard InChI is InChI=1S/C13H14N2O2/c1-8-5-10(6-11(7-14)13(16)17)9(2)15(8)12-3-4-12/h5-6,12H,3-4H2,1-2H3,(H,16,17)/b11-6+. The Labute approximate surface area is 99.8 Å². The summed E-state index contributed by atoms with van der Waals surface area (Å²) in [6.07, 6.45) is 3.82. The zero-order chi connectivity index (χ0) is 12.6. The van der Waals surface area contributed by atoms with Crippen LogP contribution in [0.1, 0.15) is 35.8 Å². The van der Waals surface area contributed by atoms with E-state index >= 15 is 0 Å². The lowest BCUT2D eigenvalue weighted by atomic mass is 10.1. The molecule has 0 aromatic carbocycles. The molecule has 1 heterocycles. The van der Waals surface area contributed by atoms with Gasteiger partial charge in [-0.3, -0.25) is 0 Å². The molecule has 17 heavy (non-hydrogen) atoms. The van der Waals surface area contributed by atoms with Crippen molar-refractivity contribution in [2.45, 2.75) is 32.7 Å². The van der Waals surface area contributed by atoms with Crippen LogP contribution in [0.15, 0.2) is 11.6 Å². The SMILES string of the molecule is Cc1cc(/C=C(\C#N)C(=O)O)c(C)n1C1CC1. The molecular formula is C13H14N2O2. The van der Waals surface area contributed by atoms with Gasteiger partial charge in [0.05, 0.1) is 0 Å². The van der Waals surface area contributed by atoms with Crippen molar-refractivity contribution in [2.24, 2.45) is 0 Å². The topological polar surface area (TPSA) is 66.0 Å². The number of carboxylic acids is 1. The van der Waals surface area contributed by atoms with Crippen molar-refractivity contribution in [2.75, 3.05) is 0 Å². The molecule has 1 saturated carbocycles. The molecule has 88 valence electrons.